The minimum Gasteiger partial charge on any atom is -0.381 e. The quantitative estimate of drug-likeness (QED) is 0.786. The molecule has 3 nitrogen and oxygen atoms in total. The van der Waals surface area contributed by atoms with Gasteiger partial charge in [0.1, 0.15) is 5.54 Å². The van der Waals surface area contributed by atoms with Gasteiger partial charge in [0.2, 0.25) is 0 Å². The van der Waals surface area contributed by atoms with Gasteiger partial charge < -0.3 is 4.74 Å². The molecule has 1 rings (SSSR count). The molecule has 0 aromatic rings. The van der Waals surface area contributed by atoms with Crippen molar-refractivity contribution >= 4 is 0 Å². The summed E-state index contributed by atoms with van der Waals surface area (Å²) in [6.45, 7) is 1.19. The normalized spacial score (nSPS) is 25.9. The highest BCUT2D eigenvalue weighted by atomic mass is 19.4. The van der Waals surface area contributed by atoms with E-state index in [2.05, 4.69) is 5.32 Å². The first kappa shape index (κ1) is 12.3. The van der Waals surface area contributed by atoms with Gasteiger partial charge >= 0.3 is 6.18 Å². The van der Waals surface area contributed by atoms with E-state index in [4.69, 9.17) is 10.00 Å². The van der Waals surface area contributed by atoms with Crippen molar-refractivity contribution in [3.05, 3.63) is 0 Å². The highest BCUT2D eigenvalue weighted by Gasteiger charge is 2.39. The zero-order valence-corrected chi connectivity index (χ0v) is 8.40. The molecule has 1 fully saturated rings. The van der Waals surface area contributed by atoms with Crippen molar-refractivity contribution in [1.29, 1.82) is 5.26 Å². The second-order valence-electron chi connectivity index (χ2n) is 3.84. The number of nitrogens with zero attached hydrogens (tertiary/aromatic N) is 1. The highest BCUT2D eigenvalue weighted by Crippen LogP contribution is 2.26. The lowest BCUT2D eigenvalue weighted by Crippen LogP contribution is -2.51. The predicted octanol–water partition coefficient (Wildman–Crippen LogP) is 1.46. The average Bonchev–Trinajstić information content (AvgIpc) is 2.66. The lowest BCUT2D eigenvalue weighted by atomic mass is 9.86. The number of nitriles is 1. The maximum Gasteiger partial charge on any atom is 0.401 e. The molecule has 86 valence electrons. The van der Waals surface area contributed by atoms with Crippen molar-refractivity contribution in [1.82, 2.24) is 5.32 Å². The van der Waals surface area contributed by atoms with Crippen molar-refractivity contribution in [3.63, 3.8) is 0 Å². The van der Waals surface area contributed by atoms with Crippen molar-refractivity contribution in [2.45, 2.75) is 25.1 Å². The van der Waals surface area contributed by atoms with Crippen LogP contribution in [0, 0.1) is 17.2 Å². The Labute approximate surface area is 86.2 Å². The Balaban J connectivity index is 2.57. The minimum absolute atomic E-state index is 0.176. The van der Waals surface area contributed by atoms with Crippen LogP contribution in [0.25, 0.3) is 0 Å². The lowest BCUT2D eigenvalue weighted by molar-refractivity contribution is -0.128. The molecule has 1 heterocycles. The van der Waals surface area contributed by atoms with Gasteiger partial charge in [-0.15, -0.1) is 0 Å². The van der Waals surface area contributed by atoms with Gasteiger partial charge in [-0.1, -0.05) is 0 Å². The molecule has 0 radical (unpaired) electrons. The minimum atomic E-state index is -4.29. The molecule has 6 heteroatoms. The molecule has 15 heavy (non-hydrogen) atoms. The van der Waals surface area contributed by atoms with Gasteiger partial charge in [-0.3, -0.25) is 5.32 Å². The van der Waals surface area contributed by atoms with E-state index in [9.17, 15) is 13.2 Å². The molecule has 2 atom stereocenters. The Bertz CT molecular complexity index is 255. The summed E-state index contributed by atoms with van der Waals surface area (Å²) >= 11 is 0. The van der Waals surface area contributed by atoms with E-state index in [-0.39, 0.29) is 5.92 Å². The first-order valence-corrected chi connectivity index (χ1v) is 4.68. The van der Waals surface area contributed by atoms with Crippen LogP contribution in [0.5, 0.6) is 0 Å². The van der Waals surface area contributed by atoms with E-state index in [0.29, 0.717) is 19.6 Å². The SMILES string of the molecule is CC(C#N)(NCC(F)(F)F)C1CCOC1. The number of rotatable bonds is 3. The summed E-state index contributed by atoms with van der Waals surface area (Å²) in [6, 6.07) is 1.90. The summed E-state index contributed by atoms with van der Waals surface area (Å²) in [5.74, 6) is -0.176. The zero-order chi connectivity index (χ0) is 11.5. The van der Waals surface area contributed by atoms with Gasteiger partial charge in [0.05, 0.1) is 19.2 Å². The first-order chi connectivity index (χ1) is 6.87. The fraction of sp³-hybridized carbons (Fsp3) is 0.889. The number of nitrogens with one attached hydrogen (secondary N) is 1. The van der Waals surface area contributed by atoms with Gasteiger partial charge in [0.25, 0.3) is 0 Å². The van der Waals surface area contributed by atoms with E-state index < -0.39 is 18.3 Å². The first-order valence-electron chi connectivity index (χ1n) is 4.68. The standard InChI is InChI=1S/C9H13F3N2O/c1-8(5-13,7-2-3-15-4-7)14-6-9(10,11)12/h7,14H,2-4,6H2,1H3. The Kier molecular flexibility index (Phi) is 3.58. The van der Waals surface area contributed by atoms with Gasteiger partial charge in [-0.2, -0.15) is 18.4 Å². The van der Waals surface area contributed by atoms with Gasteiger partial charge in [-0.05, 0) is 13.3 Å². The average molecular weight is 222 g/mol. The van der Waals surface area contributed by atoms with E-state index in [1.165, 1.54) is 6.92 Å². The summed E-state index contributed by atoms with van der Waals surface area (Å²) in [5, 5.41) is 11.2. The predicted molar refractivity (Wildman–Crippen MR) is 47.0 cm³/mol. The van der Waals surface area contributed by atoms with Crippen LogP contribution in [0.1, 0.15) is 13.3 Å². The molecule has 0 amide bonds. The van der Waals surface area contributed by atoms with Gasteiger partial charge in [0.15, 0.2) is 0 Å². The Hall–Kier alpha value is -0.800. The van der Waals surface area contributed by atoms with Gasteiger partial charge in [-0.25, -0.2) is 0 Å². The molecule has 0 bridgehead atoms. The Morgan fingerprint density at radius 1 is 1.53 bits per heavy atom. The summed E-state index contributed by atoms with van der Waals surface area (Å²) in [6.07, 6.45) is -3.67. The van der Waals surface area contributed by atoms with Crippen LogP contribution in [-0.2, 0) is 4.74 Å². The largest absolute Gasteiger partial charge is 0.401 e. The molecule has 0 aliphatic carbocycles. The molecule has 0 aromatic carbocycles. The second kappa shape index (κ2) is 4.37. The number of hydrogen-bond donors (Lipinski definition) is 1. The number of halogens is 3. The van der Waals surface area contributed by atoms with Crippen LogP contribution < -0.4 is 5.32 Å². The molecule has 0 spiro atoms. The molecule has 1 aliphatic rings. The molecule has 2 unspecified atom stereocenters. The fourth-order valence-electron chi connectivity index (χ4n) is 1.55. The summed E-state index contributed by atoms with van der Waals surface area (Å²) < 4.78 is 41.1. The summed E-state index contributed by atoms with van der Waals surface area (Å²) in [7, 11) is 0. The highest BCUT2D eigenvalue weighted by molar-refractivity contribution is 5.09. The summed E-state index contributed by atoms with van der Waals surface area (Å²) in [4.78, 5) is 0. The number of ether oxygens (including phenoxy) is 1. The van der Waals surface area contributed by atoms with Crippen LogP contribution in [0.2, 0.25) is 0 Å². The third-order valence-electron chi connectivity index (χ3n) is 2.63. The van der Waals surface area contributed by atoms with E-state index in [1.807, 2.05) is 6.07 Å². The van der Waals surface area contributed by atoms with E-state index in [0.717, 1.165) is 0 Å². The lowest BCUT2D eigenvalue weighted by Gasteiger charge is -2.29. The van der Waals surface area contributed by atoms with Crippen molar-refractivity contribution in [3.8, 4) is 6.07 Å². The topological polar surface area (TPSA) is 45.0 Å². The van der Waals surface area contributed by atoms with Crippen molar-refractivity contribution in [2.24, 2.45) is 5.92 Å². The molecular formula is C9H13F3N2O. The van der Waals surface area contributed by atoms with E-state index in [1.54, 1.807) is 0 Å². The molecule has 1 aliphatic heterocycles. The molecule has 1 saturated heterocycles. The van der Waals surface area contributed by atoms with Crippen LogP contribution in [0.15, 0.2) is 0 Å². The molecule has 0 saturated carbocycles. The fourth-order valence-corrected chi connectivity index (χ4v) is 1.55. The van der Waals surface area contributed by atoms with Crippen LogP contribution in [-0.4, -0.2) is 31.5 Å². The zero-order valence-electron chi connectivity index (χ0n) is 8.40. The Morgan fingerprint density at radius 3 is 2.60 bits per heavy atom. The molecule has 0 aromatic heterocycles. The van der Waals surface area contributed by atoms with Crippen molar-refractivity contribution < 1.29 is 17.9 Å². The maximum atomic E-state index is 12.0. The molecular weight excluding hydrogens is 209 g/mol. The second-order valence-corrected chi connectivity index (χ2v) is 3.84. The third-order valence-corrected chi connectivity index (χ3v) is 2.63. The maximum absolute atomic E-state index is 12.0. The number of hydrogen-bond acceptors (Lipinski definition) is 3. The smallest absolute Gasteiger partial charge is 0.381 e. The monoisotopic (exact) mass is 222 g/mol. The number of alkyl halides is 3. The molecule has 1 N–H and O–H groups in total. The third kappa shape index (κ3) is 3.36. The van der Waals surface area contributed by atoms with Gasteiger partial charge in [0, 0.05) is 12.5 Å². The summed E-state index contributed by atoms with van der Waals surface area (Å²) in [5.41, 5.74) is -1.16. The van der Waals surface area contributed by atoms with Crippen LogP contribution in [0.4, 0.5) is 13.2 Å². The van der Waals surface area contributed by atoms with Crippen LogP contribution >= 0.6 is 0 Å². The Morgan fingerprint density at radius 2 is 2.20 bits per heavy atom. The van der Waals surface area contributed by atoms with Crippen molar-refractivity contribution in [2.75, 3.05) is 19.8 Å². The van der Waals surface area contributed by atoms with E-state index >= 15 is 0 Å². The van der Waals surface area contributed by atoms with Crippen LogP contribution in [0.3, 0.4) is 0 Å².